The van der Waals surface area contributed by atoms with E-state index in [1.807, 2.05) is 30.3 Å². The molecule has 0 bridgehead atoms. The summed E-state index contributed by atoms with van der Waals surface area (Å²) in [6.45, 7) is 1.09. The van der Waals surface area contributed by atoms with Crippen molar-refractivity contribution in [3.63, 3.8) is 0 Å². The number of nitriles is 1. The molecule has 0 radical (unpaired) electrons. The summed E-state index contributed by atoms with van der Waals surface area (Å²) in [5.41, 5.74) is 2.14. The van der Waals surface area contributed by atoms with Gasteiger partial charge in [-0.25, -0.2) is 0 Å². The number of carbonyl (C=O) groups is 1. The minimum atomic E-state index is -0.0811. The largest absolute Gasteiger partial charge is 0.339 e. The van der Waals surface area contributed by atoms with E-state index >= 15 is 0 Å². The van der Waals surface area contributed by atoms with E-state index in [1.165, 1.54) is 0 Å². The molecule has 1 saturated heterocycles. The Bertz CT molecular complexity index is 969. The number of benzene rings is 2. The van der Waals surface area contributed by atoms with Gasteiger partial charge in [-0.1, -0.05) is 41.6 Å². The second-order valence-electron chi connectivity index (χ2n) is 6.31. The van der Waals surface area contributed by atoms with Gasteiger partial charge in [0.1, 0.15) is 0 Å². The van der Waals surface area contributed by atoms with Crippen LogP contribution in [0.2, 0.25) is 0 Å². The number of amides is 1. The van der Waals surface area contributed by atoms with E-state index in [9.17, 15) is 4.79 Å². The first-order chi connectivity index (χ1) is 12.7. The van der Waals surface area contributed by atoms with Crippen LogP contribution < -0.4 is 0 Å². The summed E-state index contributed by atoms with van der Waals surface area (Å²) in [7, 11) is 0. The lowest BCUT2D eigenvalue weighted by Crippen LogP contribution is -2.48. The highest BCUT2D eigenvalue weighted by atomic mass is 16.5. The van der Waals surface area contributed by atoms with Gasteiger partial charge in [-0.15, -0.1) is 0 Å². The van der Waals surface area contributed by atoms with Crippen LogP contribution in [0.5, 0.6) is 0 Å². The summed E-state index contributed by atoms with van der Waals surface area (Å²) < 4.78 is 5.37. The second kappa shape index (κ2) is 6.81. The topological polar surface area (TPSA) is 83.0 Å². The van der Waals surface area contributed by atoms with Gasteiger partial charge in [0.2, 0.25) is 5.89 Å². The first-order valence-electron chi connectivity index (χ1n) is 8.39. The van der Waals surface area contributed by atoms with Gasteiger partial charge in [-0.05, 0) is 23.8 Å². The third-order valence-electron chi connectivity index (χ3n) is 4.45. The Morgan fingerprint density at radius 3 is 2.77 bits per heavy atom. The maximum Gasteiger partial charge on any atom is 0.253 e. The molecule has 0 saturated carbocycles. The first kappa shape index (κ1) is 16.0. The van der Waals surface area contributed by atoms with E-state index in [2.05, 4.69) is 16.2 Å². The van der Waals surface area contributed by atoms with E-state index in [4.69, 9.17) is 9.78 Å². The molecule has 1 aliphatic rings. The van der Waals surface area contributed by atoms with Gasteiger partial charge in [-0.2, -0.15) is 10.2 Å². The summed E-state index contributed by atoms with van der Waals surface area (Å²) in [4.78, 5) is 18.7. The number of carbonyl (C=O) groups excluding carboxylic acids is 1. The van der Waals surface area contributed by atoms with Crippen LogP contribution in [0.3, 0.4) is 0 Å². The van der Waals surface area contributed by atoms with E-state index in [0.717, 1.165) is 5.56 Å². The maximum absolute atomic E-state index is 12.5. The smallest absolute Gasteiger partial charge is 0.253 e. The maximum atomic E-state index is 12.5. The Balaban J connectivity index is 1.37. The standard InChI is InChI=1S/C20H16N4O2/c21-11-15-7-4-8-16(9-15)20(25)24-12-17(13-24)19-22-18(23-26-19)10-14-5-2-1-3-6-14/h1-9,17H,10,12-13H2. The summed E-state index contributed by atoms with van der Waals surface area (Å²) in [6, 6.07) is 18.8. The second-order valence-corrected chi connectivity index (χ2v) is 6.31. The Labute approximate surface area is 150 Å². The molecule has 1 aliphatic heterocycles. The van der Waals surface area contributed by atoms with Crippen LogP contribution in [-0.4, -0.2) is 34.0 Å². The molecule has 6 nitrogen and oxygen atoms in total. The summed E-state index contributed by atoms with van der Waals surface area (Å²) in [5, 5.41) is 13.0. The highest BCUT2D eigenvalue weighted by molar-refractivity contribution is 5.95. The predicted octanol–water partition coefficient (Wildman–Crippen LogP) is 2.77. The minimum Gasteiger partial charge on any atom is -0.339 e. The molecule has 4 rings (SSSR count). The fraction of sp³-hybridized carbons (Fsp3) is 0.200. The molecule has 6 heteroatoms. The lowest BCUT2D eigenvalue weighted by molar-refractivity contribution is 0.0569. The molecule has 0 unspecified atom stereocenters. The van der Waals surface area contributed by atoms with Gasteiger partial charge in [0.25, 0.3) is 5.91 Å². The van der Waals surface area contributed by atoms with E-state index in [1.54, 1.807) is 29.2 Å². The fourth-order valence-corrected chi connectivity index (χ4v) is 2.99. The molecule has 1 amide bonds. The van der Waals surface area contributed by atoms with Crippen LogP contribution in [0.1, 0.15) is 39.1 Å². The normalized spacial score (nSPS) is 13.9. The first-order valence-corrected chi connectivity index (χ1v) is 8.39. The van der Waals surface area contributed by atoms with Crippen molar-refractivity contribution in [1.29, 1.82) is 5.26 Å². The van der Waals surface area contributed by atoms with E-state index in [-0.39, 0.29) is 11.8 Å². The highest BCUT2D eigenvalue weighted by Crippen LogP contribution is 2.27. The molecule has 0 atom stereocenters. The number of rotatable bonds is 4. The van der Waals surface area contributed by atoms with E-state index in [0.29, 0.717) is 42.4 Å². The number of likely N-dealkylation sites (tertiary alicyclic amines) is 1. The Kier molecular flexibility index (Phi) is 4.20. The molecule has 2 heterocycles. The number of aromatic nitrogens is 2. The van der Waals surface area contributed by atoms with Gasteiger partial charge < -0.3 is 9.42 Å². The lowest BCUT2D eigenvalue weighted by Gasteiger charge is -2.37. The predicted molar refractivity (Wildman–Crippen MR) is 93.3 cm³/mol. The zero-order chi connectivity index (χ0) is 17.9. The van der Waals surface area contributed by atoms with E-state index < -0.39 is 0 Å². The van der Waals surface area contributed by atoms with Crippen LogP contribution in [0.25, 0.3) is 0 Å². The van der Waals surface area contributed by atoms with Crippen molar-refractivity contribution in [1.82, 2.24) is 15.0 Å². The van der Waals surface area contributed by atoms with Crippen LogP contribution in [0, 0.1) is 11.3 Å². The minimum absolute atomic E-state index is 0.0649. The van der Waals surface area contributed by atoms with Crippen molar-refractivity contribution >= 4 is 5.91 Å². The SMILES string of the molecule is N#Cc1cccc(C(=O)N2CC(c3nc(Cc4ccccc4)no3)C2)c1. The van der Waals surface area contributed by atoms with Crippen LogP contribution in [-0.2, 0) is 6.42 Å². The van der Waals surface area contributed by atoms with Crippen LogP contribution in [0.4, 0.5) is 0 Å². The molecule has 26 heavy (non-hydrogen) atoms. The number of hydrogen-bond donors (Lipinski definition) is 0. The Morgan fingerprint density at radius 1 is 1.19 bits per heavy atom. The molecule has 1 aromatic heterocycles. The summed E-state index contributed by atoms with van der Waals surface area (Å²) >= 11 is 0. The van der Waals surface area contributed by atoms with Crippen molar-refractivity contribution in [2.45, 2.75) is 12.3 Å². The summed E-state index contributed by atoms with van der Waals surface area (Å²) in [6.07, 6.45) is 0.626. The highest BCUT2D eigenvalue weighted by Gasteiger charge is 2.36. The molecule has 3 aromatic rings. The molecule has 0 aliphatic carbocycles. The molecule has 0 spiro atoms. The molecule has 1 fully saturated rings. The van der Waals surface area contributed by atoms with Gasteiger partial charge >= 0.3 is 0 Å². The van der Waals surface area contributed by atoms with Gasteiger partial charge in [0, 0.05) is 25.1 Å². The van der Waals surface area contributed by atoms with Gasteiger partial charge in [-0.3, -0.25) is 4.79 Å². The third kappa shape index (κ3) is 3.20. The van der Waals surface area contributed by atoms with Gasteiger partial charge in [0.05, 0.1) is 17.6 Å². The zero-order valence-corrected chi connectivity index (χ0v) is 14.0. The fourth-order valence-electron chi connectivity index (χ4n) is 2.99. The van der Waals surface area contributed by atoms with Crippen molar-refractivity contribution in [3.8, 4) is 6.07 Å². The molecular formula is C20H16N4O2. The summed E-state index contributed by atoms with van der Waals surface area (Å²) in [5.74, 6) is 1.21. The van der Waals surface area contributed by atoms with Gasteiger partial charge in [0.15, 0.2) is 5.82 Å². The Morgan fingerprint density at radius 2 is 2.00 bits per heavy atom. The van der Waals surface area contributed by atoms with Crippen molar-refractivity contribution in [2.24, 2.45) is 0 Å². The molecule has 0 N–H and O–H groups in total. The lowest BCUT2D eigenvalue weighted by atomic mass is 9.98. The monoisotopic (exact) mass is 344 g/mol. The number of hydrogen-bond acceptors (Lipinski definition) is 5. The van der Waals surface area contributed by atoms with Crippen molar-refractivity contribution < 1.29 is 9.32 Å². The number of nitrogens with zero attached hydrogens (tertiary/aromatic N) is 4. The molecule has 2 aromatic carbocycles. The average molecular weight is 344 g/mol. The molecule has 128 valence electrons. The van der Waals surface area contributed by atoms with Crippen molar-refractivity contribution in [2.75, 3.05) is 13.1 Å². The average Bonchev–Trinajstić information content (AvgIpc) is 3.09. The Hall–Kier alpha value is -3.46. The third-order valence-corrected chi connectivity index (χ3v) is 4.45. The van der Waals surface area contributed by atoms with Crippen LogP contribution in [0.15, 0.2) is 59.1 Å². The zero-order valence-electron chi connectivity index (χ0n) is 14.0. The quantitative estimate of drug-likeness (QED) is 0.727. The molecular weight excluding hydrogens is 328 g/mol. The van der Waals surface area contributed by atoms with Crippen LogP contribution >= 0.6 is 0 Å². The van der Waals surface area contributed by atoms with Crippen molar-refractivity contribution in [3.05, 3.63) is 83.0 Å².